The molecular weight excluding hydrogens is 411 g/mol. The third-order valence-electron chi connectivity index (χ3n) is 5.35. The van der Waals surface area contributed by atoms with Gasteiger partial charge in [-0.05, 0) is 45.2 Å². The molecule has 1 unspecified atom stereocenters. The third kappa shape index (κ3) is 6.93. The normalized spacial score (nSPS) is 18.3. The number of hydrogen-bond donors (Lipinski definition) is 1. The van der Waals surface area contributed by atoms with E-state index >= 15 is 0 Å². The minimum atomic E-state index is -4.90. The molecule has 0 spiro atoms. The van der Waals surface area contributed by atoms with Gasteiger partial charge in [0.2, 0.25) is 0 Å². The van der Waals surface area contributed by atoms with Crippen molar-refractivity contribution in [3.8, 4) is 0 Å². The summed E-state index contributed by atoms with van der Waals surface area (Å²) in [6.07, 6.45) is -4.04. The van der Waals surface area contributed by atoms with Crippen LogP contribution in [0.2, 0.25) is 0 Å². The van der Waals surface area contributed by atoms with E-state index in [1.807, 2.05) is 38.2 Å². The SMILES string of the molecule is CCC(c1ccc([C@H](C)NC(=O)C(F)(F)F)cc1)N1CCN(OC(=O)C(C)(C)C)CC1. The fourth-order valence-corrected chi connectivity index (χ4v) is 3.43. The molecule has 1 heterocycles. The Bertz CT molecular complexity index is 752. The summed E-state index contributed by atoms with van der Waals surface area (Å²) >= 11 is 0. The molecule has 1 aliphatic heterocycles. The fraction of sp³-hybridized carbons (Fsp3) is 0.636. The molecule has 2 rings (SSSR count). The summed E-state index contributed by atoms with van der Waals surface area (Å²) in [5.74, 6) is -2.20. The minimum Gasteiger partial charge on any atom is -0.367 e. The average molecular weight is 444 g/mol. The van der Waals surface area contributed by atoms with Crippen molar-refractivity contribution >= 4 is 11.9 Å². The van der Waals surface area contributed by atoms with Crippen molar-refractivity contribution in [2.45, 2.75) is 59.3 Å². The molecule has 0 saturated carbocycles. The van der Waals surface area contributed by atoms with Gasteiger partial charge in [-0.3, -0.25) is 9.69 Å². The van der Waals surface area contributed by atoms with Gasteiger partial charge in [-0.1, -0.05) is 31.2 Å². The summed E-state index contributed by atoms with van der Waals surface area (Å²) in [4.78, 5) is 31.0. The molecule has 174 valence electrons. The molecule has 1 saturated heterocycles. The first kappa shape index (κ1) is 25.1. The predicted molar refractivity (Wildman–Crippen MR) is 111 cm³/mol. The number of rotatable bonds is 6. The van der Waals surface area contributed by atoms with E-state index in [-0.39, 0.29) is 12.0 Å². The van der Waals surface area contributed by atoms with E-state index in [1.165, 1.54) is 6.92 Å². The van der Waals surface area contributed by atoms with Gasteiger partial charge in [0, 0.05) is 32.2 Å². The molecule has 1 aliphatic rings. The molecule has 0 aromatic heterocycles. The van der Waals surface area contributed by atoms with Gasteiger partial charge >= 0.3 is 18.1 Å². The van der Waals surface area contributed by atoms with Crippen molar-refractivity contribution in [2.24, 2.45) is 5.41 Å². The van der Waals surface area contributed by atoms with Crippen LogP contribution >= 0.6 is 0 Å². The van der Waals surface area contributed by atoms with Crippen molar-refractivity contribution < 1.29 is 27.6 Å². The van der Waals surface area contributed by atoms with Gasteiger partial charge in [0.15, 0.2) is 0 Å². The lowest BCUT2D eigenvalue weighted by molar-refractivity contribution is -0.208. The zero-order valence-corrected chi connectivity index (χ0v) is 18.8. The Labute approximate surface area is 181 Å². The zero-order valence-electron chi connectivity index (χ0n) is 18.8. The number of carbonyl (C=O) groups excluding carboxylic acids is 2. The Kier molecular flexibility index (Phi) is 8.10. The molecule has 0 bridgehead atoms. The number of nitrogens with zero attached hydrogens (tertiary/aromatic N) is 2. The van der Waals surface area contributed by atoms with Gasteiger partial charge in [0.1, 0.15) is 0 Å². The van der Waals surface area contributed by atoms with Crippen LogP contribution in [0.15, 0.2) is 24.3 Å². The number of hydrogen-bond acceptors (Lipinski definition) is 5. The van der Waals surface area contributed by atoms with Crippen molar-refractivity contribution in [1.29, 1.82) is 0 Å². The van der Waals surface area contributed by atoms with Crippen LogP contribution in [0.4, 0.5) is 13.2 Å². The first-order valence-corrected chi connectivity index (χ1v) is 10.5. The van der Waals surface area contributed by atoms with Crippen molar-refractivity contribution in [1.82, 2.24) is 15.3 Å². The number of alkyl halides is 3. The number of hydroxylamine groups is 2. The van der Waals surface area contributed by atoms with E-state index in [9.17, 15) is 22.8 Å². The van der Waals surface area contributed by atoms with E-state index in [0.29, 0.717) is 18.7 Å². The Hall–Kier alpha value is -2.13. The van der Waals surface area contributed by atoms with Crippen molar-refractivity contribution in [3.63, 3.8) is 0 Å². The van der Waals surface area contributed by atoms with Crippen LogP contribution in [0.5, 0.6) is 0 Å². The van der Waals surface area contributed by atoms with Crippen LogP contribution in [-0.2, 0) is 14.4 Å². The molecular formula is C22H32F3N3O3. The summed E-state index contributed by atoms with van der Waals surface area (Å²) in [5.41, 5.74) is 1.11. The van der Waals surface area contributed by atoms with Crippen LogP contribution in [0.1, 0.15) is 64.3 Å². The number of piperazine rings is 1. The Morgan fingerprint density at radius 1 is 1.03 bits per heavy atom. The molecule has 1 amide bonds. The zero-order chi connectivity index (χ0) is 23.4. The van der Waals surface area contributed by atoms with Crippen LogP contribution < -0.4 is 5.32 Å². The summed E-state index contributed by atoms with van der Waals surface area (Å²) in [6, 6.07) is 6.69. The van der Waals surface area contributed by atoms with Crippen molar-refractivity contribution in [3.05, 3.63) is 35.4 Å². The second-order valence-electron chi connectivity index (χ2n) is 8.88. The largest absolute Gasteiger partial charge is 0.471 e. The van der Waals surface area contributed by atoms with Gasteiger partial charge in [-0.25, -0.2) is 4.79 Å². The Morgan fingerprint density at radius 3 is 2.00 bits per heavy atom. The molecule has 0 radical (unpaired) electrons. The number of halogens is 3. The third-order valence-corrected chi connectivity index (χ3v) is 5.35. The minimum absolute atomic E-state index is 0.148. The topological polar surface area (TPSA) is 61.9 Å². The van der Waals surface area contributed by atoms with E-state index in [4.69, 9.17) is 4.84 Å². The van der Waals surface area contributed by atoms with Gasteiger partial charge in [0.05, 0.1) is 11.5 Å². The maximum absolute atomic E-state index is 12.5. The highest BCUT2D eigenvalue weighted by molar-refractivity contribution is 5.82. The maximum atomic E-state index is 12.5. The maximum Gasteiger partial charge on any atom is 0.471 e. The molecule has 6 nitrogen and oxygen atoms in total. The van der Waals surface area contributed by atoms with Crippen molar-refractivity contribution in [2.75, 3.05) is 26.2 Å². The molecule has 2 atom stereocenters. The van der Waals surface area contributed by atoms with E-state index in [1.54, 1.807) is 17.2 Å². The summed E-state index contributed by atoms with van der Waals surface area (Å²) in [6.45, 7) is 11.7. The summed E-state index contributed by atoms with van der Waals surface area (Å²) < 4.78 is 37.4. The molecule has 1 fully saturated rings. The fourth-order valence-electron chi connectivity index (χ4n) is 3.43. The second-order valence-corrected chi connectivity index (χ2v) is 8.88. The number of benzene rings is 1. The smallest absolute Gasteiger partial charge is 0.367 e. The number of carbonyl (C=O) groups is 2. The standard InChI is InChI=1S/C22H32F3N3O3/c1-6-18(27-11-13-28(14-12-27)31-20(30)21(3,4)5)17-9-7-16(8-10-17)15(2)26-19(29)22(23,24)25/h7-10,15,18H,6,11-14H2,1-5H3,(H,26,29)/t15-,18?/m0/s1. The molecule has 1 aromatic rings. The Balaban J connectivity index is 1.96. The van der Waals surface area contributed by atoms with Crippen LogP contribution in [-0.4, -0.2) is 54.2 Å². The van der Waals surface area contributed by atoms with E-state index < -0.39 is 23.5 Å². The quantitative estimate of drug-likeness (QED) is 0.720. The highest BCUT2D eigenvalue weighted by Gasteiger charge is 2.39. The van der Waals surface area contributed by atoms with E-state index in [0.717, 1.165) is 25.1 Å². The Morgan fingerprint density at radius 2 is 1.55 bits per heavy atom. The monoisotopic (exact) mass is 443 g/mol. The van der Waals surface area contributed by atoms with Crippen LogP contribution in [0.3, 0.4) is 0 Å². The predicted octanol–water partition coefficient (Wildman–Crippen LogP) is 4.00. The van der Waals surface area contributed by atoms with E-state index in [2.05, 4.69) is 11.8 Å². The van der Waals surface area contributed by atoms with Gasteiger partial charge < -0.3 is 10.2 Å². The van der Waals surface area contributed by atoms with Gasteiger partial charge in [-0.2, -0.15) is 13.2 Å². The molecule has 1 N–H and O–H groups in total. The first-order valence-electron chi connectivity index (χ1n) is 10.5. The lowest BCUT2D eigenvalue weighted by Gasteiger charge is -2.38. The number of amides is 1. The average Bonchev–Trinajstić information content (AvgIpc) is 2.68. The molecule has 31 heavy (non-hydrogen) atoms. The molecule has 9 heteroatoms. The second kappa shape index (κ2) is 9.99. The lowest BCUT2D eigenvalue weighted by atomic mass is 9.98. The highest BCUT2D eigenvalue weighted by Crippen LogP contribution is 2.27. The number of nitrogens with one attached hydrogen (secondary N) is 1. The highest BCUT2D eigenvalue weighted by atomic mass is 19.4. The molecule has 1 aromatic carbocycles. The summed E-state index contributed by atoms with van der Waals surface area (Å²) in [7, 11) is 0. The van der Waals surface area contributed by atoms with Gasteiger partial charge in [-0.15, -0.1) is 5.06 Å². The summed E-state index contributed by atoms with van der Waals surface area (Å²) in [5, 5.41) is 3.67. The van der Waals surface area contributed by atoms with Crippen LogP contribution in [0, 0.1) is 5.41 Å². The first-order chi connectivity index (χ1) is 14.3. The van der Waals surface area contributed by atoms with Gasteiger partial charge in [0.25, 0.3) is 0 Å². The molecule has 0 aliphatic carbocycles. The lowest BCUT2D eigenvalue weighted by Crippen LogP contribution is -2.48. The van der Waals surface area contributed by atoms with Crippen LogP contribution in [0.25, 0.3) is 0 Å².